The molecule has 8 heteroatoms. The molecule has 5 rings (SSSR count). The molecule has 6 nitrogen and oxygen atoms in total. The van der Waals surface area contributed by atoms with E-state index in [1.165, 1.54) is 6.07 Å². The lowest BCUT2D eigenvalue weighted by Gasteiger charge is -2.33. The summed E-state index contributed by atoms with van der Waals surface area (Å²) in [5.74, 6) is -0.733. The molecule has 0 radical (unpaired) electrons. The van der Waals surface area contributed by atoms with Crippen molar-refractivity contribution in [1.29, 1.82) is 0 Å². The van der Waals surface area contributed by atoms with Gasteiger partial charge in [0.15, 0.2) is 5.67 Å². The van der Waals surface area contributed by atoms with Crippen LogP contribution in [0.15, 0.2) is 41.5 Å². The normalized spacial score (nSPS) is 17.1. The number of fused-ring (bicyclic) bond motifs is 2. The molecule has 4 aromatic rings. The molecule has 1 aromatic carbocycles. The summed E-state index contributed by atoms with van der Waals surface area (Å²) < 4.78 is 32.3. The van der Waals surface area contributed by atoms with Crippen molar-refractivity contribution in [2.45, 2.75) is 25.4 Å². The number of rotatable bonds is 2. The summed E-state index contributed by atoms with van der Waals surface area (Å²) in [6, 6.07) is 6.60. The van der Waals surface area contributed by atoms with Crippen molar-refractivity contribution in [3.8, 4) is 11.1 Å². The van der Waals surface area contributed by atoms with E-state index in [0.717, 1.165) is 16.9 Å². The number of H-pyrrole nitrogens is 1. The van der Waals surface area contributed by atoms with E-state index < -0.39 is 17.0 Å². The maximum Gasteiger partial charge on any atom is 0.258 e. The fourth-order valence-corrected chi connectivity index (χ4v) is 4.08. The van der Waals surface area contributed by atoms with Crippen LogP contribution >= 0.6 is 0 Å². The molecule has 0 aliphatic carbocycles. The zero-order valence-corrected chi connectivity index (χ0v) is 16.7. The van der Waals surface area contributed by atoms with Crippen LogP contribution in [0.4, 0.5) is 8.78 Å². The van der Waals surface area contributed by atoms with Crippen LogP contribution in [0.5, 0.6) is 0 Å². The van der Waals surface area contributed by atoms with E-state index in [4.69, 9.17) is 0 Å². The van der Waals surface area contributed by atoms with Crippen molar-refractivity contribution in [2.75, 3.05) is 20.1 Å². The van der Waals surface area contributed by atoms with Crippen molar-refractivity contribution < 1.29 is 8.78 Å². The minimum absolute atomic E-state index is 0.0879. The van der Waals surface area contributed by atoms with Gasteiger partial charge in [-0.15, -0.1) is 0 Å². The second-order valence-corrected chi connectivity index (χ2v) is 8.10. The molecule has 0 unspecified atom stereocenters. The largest absolute Gasteiger partial charge is 0.307 e. The topological polar surface area (TPSA) is 66.3 Å². The average Bonchev–Trinajstić information content (AvgIpc) is 3.10. The number of hydrogen-bond acceptors (Lipinski definition) is 4. The van der Waals surface area contributed by atoms with E-state index in [0.29, 0.717) is 18.7 Å². The average molecular weight is 409 g/mol. The lowest BCUT2D eigenvalue weighted by Crippen LogP contribution is -2.40. The third-order valence-electron chi connectivity index (χ3n) is 5.87. The predicted molar refractivity (Wildman–Crippen MR) is 111 cm³/mol. The number of piperidine rings is 1. The Hall–Kier alpha value is -3.13. The summed E-state index contributed by atoms with van der Waals surface area (Å²) in [5, 5.41) is 0.104. The van der Waals surface area contributed by atoms with Gasteiger partial charge in [0.1, 0.15) is 22.8 Å². The van der Waals surface area contributed by atoms with E-state index in [2.05, 4.69) is 15.0 Å². The third kappa shape index (κ3) is 3.08. The molecule has 154 valence electrons. The van der Waals surface area contributed by atoms with Gasteiger partial charge in [0, 0.05) is 38.3 Å². The van der Waals surface area contributed by atoms with Crippen LogP contribution < -0.4 is 5.56 Å². The predicted octanol–water partition coefficient (Wildman–Crippen LogP) is 3.58. The molecular formula is C22H21F2N5O. The highest BCUT2D eigenvalue weighted by molar-refractivity contribution is 5.84. The molecule has 0 atom stereocenters. The SMILES string of the molecule is Cc1cn2cc(-c3cc(F)c4nc(C5(F)CCN(C)CC5)[nH]c(=O)c4c3)ccc2n1. The summed E-state index contributed by atoms with van der Waals surface area (Å²) in [5.41, 5.74) is 0.547. The molecule has 0 bridgehead atoms. The number of nitrogens with zero attached hydrogens (tertiary/aromatic N) is 4. The van der Waals surface area contributed by atoms with Gasteiger partial charge in [-0.25, -0.2) is 18.7 Å². The van der Waals surface area contributed by atoms with E-state index in [-0.39, 0.29) is 29.6 Å². The molecule has 1 fully saturated rings. The fourth-order valence-electron chi connectivity index (χ4n) is 4.08. The van der Waals surface area contributed by atoms with Gasteiger partial charge in [0.05, 0.1) is 11.1 Å². The number of halogens is 2. The van der Waals surface area contributed by atoms with Gasteiger partial charge in [-0.2, -0.15) is 0 Å². The smallest absolute Gasteiger partial charge is 0.258 e. The molecule has 3 aromatic heterocycles. The maximum absolute atomic E-state index is 15.4. The number of alkyl halides is 1. The first kappa shape index (κ1) is 18.9. The van der Waals surface area contributed by atoms with Crippen LogP contribution in [0.2, 0.25) is 0 Å². The minimum Gasteiger partial charge on any atom is -0.307 e. The summed E-state index contributed by atoms with van der Waals surface area (Å²) in [6.45, 7) is 3.00. The molecule has 1 saturated heterocycles. The van der Waals surface area contributed by atoms with Crippen molar-refractivity contribution >= 4 is 16.6 Å². The summed E-state index contributed by atoms with van der Waals surface area (Å²) >= 11 is 0. The fraction of sp³-hybridized carbons (Fsp3) is 0.318. The Morgan fingerprint density at radius 3 is 2.63 bits per heavy atom. The number of hydrogen-bond donors (Lipinski definition) is 1. The van der Waals surface area contributed by atoms with E-state index in [9.17, 15) is 9.18 Å². The Balaban J connectivity index is 1.62. The lowest BCUT2D eigenvalue weighted by molar-refractivity contribution is 0.0591. The van der Waals surface area contributed by atoms with Gasteiger partial charge in [-0.1, -0.05) is 0 Å². The molecule has 30 heavy (non-hydrogen) atoms. The van der Waals surface area contributed by atoms with Crippen LogP contribution in [0.25, 0.3) is 27.7 Å². The van der Waals surface area contributed by atoms with E-state index >= 15 is 4.39 Å². The highest BCUT2D eigenvalue weighted by Crippen LogP contribution is 2.35. The quantitative estimate of drug-likeness (QED) is 0.550. The second kappa shape index (κ2) is 6.70. The van der Waals surface area contributed by atoms with Gasteiger partial charge in [-0.3, -0.25) is 4.79 Å². The van der Waals surface area contributed by atoms with E-state index in [1.807, 2.05) is 47.8 Å². The van der Waals surface area contributed by atoms with Crippen molar-refractivity contribution in [3.05, 3.63) is 64.3 Å². The van der Waals surface area contributed by atoms with Gasteiger partial charge in [0.2, 0.25) is 0 Å². The Bertz CT molecular complexity index is 1330. The van der Waals surface area contributed by atoms with Crippen LogP contribution in [0.3, 0.4) is 0 Å². The zero-order valence-electron chi connectivity index (χ0n) is 16.7. The first-order valence-electron chi connectivity index (χ1n) is 9.90. The molecule has 1 aliphatic rings. The highest BCUT2D eigenvalue weighted by atomic mass is 19.1. The number of likely N-dealkylation sites (tertiary alicyclic amines) is 1. The second-order valence-electron chi connectivity index (χ2n) is 8.10. The first-order chi connectivity index (χ1) is 14.3. The molecule has 0 amide bonds. The number of nitrogens with one attached hydrogen (secondary N) is 1. The van der Waals surface area contributed by atoms with E-state index in [1.54, 1.807) is 6.07 Å². The highest BCUT2D eigenvalue weighted by Gasteiger charge is 2.38. The van der Waals surface area contributed by atoms with Crippen molar-refractivity contribution in [3.63, 3.8) is 0 Å². The number of benzene rings is 1. The van der Waals surface area contributed by atoms with Crippen LogP contribution in [0.1, 0.15) is 24.4 Å². The van der Waals surface area contributed by atoms with Crippen LogP contribution in [0, 0.1) is 12.7 Å². The molecular weight excluding hydrogens is 388 g/mol. The standard InChI is InChI=1S/C22H21F2N5O/c1-13-11-29-12-14(3-4-18(29)25-13)15-9-16-19(17(23)10-15)26-21(27-20(16)30)22(24)5-7-28(2)8-6-22/h3-4,9-12H,5-8H2,1-2H3,(H,26,27,30). The summed E-state index contributed by atoms with van der Waals surface area (Å²) in [6.07, 6.45) is 4.13. The maximum atomic E-state index is 15.4. The first-order valence-corrected chi connectivity index (χ1v) is 9.90. The number of pyridine rings is 1. The Morgan fingerprint density at radius 1 is 1.10 bits per heavy atom. The van der Waals surface area contributed by atoms with Gasteiger partial charge >= 0.3 is 0 Å². The van der Waals surface area contributed by atoms with Gasteiger partial charge in [-0.05, 0) is 49.4 Å². The van der Waals surface area contributed by atoms with Crippen molar-refractivity contribution in [1.82, 2.24) is 24.3 Å². The molecule has 1 N–H and O–H groups in total. The van der Waals surface area contributed by atoms with Crippen molar-refractivity contribution in [2.24, 2.45) is 0 Å². The molecule has 0 spiro atoms. The molecule has 0 saturated carbocycles. The zero-order chi connectivity index (χ0) is 21.0. The van der Waals surface area contributed by atoms with Gasteiger partial charge < -0.3 is 14.3 Å². The molecule has 4 heterocycles. The lowest BCUT2D eigenvalue weighted by atomic mass is 9.92. The van der Waals surface area contributed by atoms with Gasteiger partial charge in [0.25, 0.3) is 5.56 Å². The van der Waals surface area contributed by atoms with Crippen LogP contribution in [-0.4, -0.2) is 44.4 Å². The number of aromatic nitrogens is 4. The summed E-state index contributed by atoms with van der Waals surface area (Å²) in [7, 11) is 1.92. The third-order valence-corrected chi connectivity index (χ3v) is 5.87. The minimum atomic E-state index is -1.75. The Labute approximate surface area is 171 Å². The number of aromatic amines is 1. The Morgan fingerprint density at radius 2 is 1.87 bits per heavy atom. The molecule has 1 aliphatic heterocycles. The summed E-state index contributed by atoms with van der Waals surface area (Å²) in [4.78, 5) is 25.9. The van der Waals surface area contributed by atoms with Crippen LogP contribution in [-0.2, 0) is 5.67 Å². The Kier molecular flexibility index (Phi) is 4.21. The monoisotopic (exact) mass is 409 g/mol. The number of aryl methyl sites for hydroxylation is 1. The number of imidazole rings is 1.